The maximum Gasteiger partial charge on any atom is 0.313 e. The Morgan fingerprint density at radius 3 is 1.82 bits per heavy atom. The van der Waals surface area contributed by atoms with Crippen molar-refractivity contribution in [1.29, 1.82) is 5.41 Å². The molecule has 0 aliphatic heterocycles. The number of phenols is 2. The van der Waals surface area contributed by atoms with E-state index in [1.165, 1.54) is 42.5 Å². The molecule has 0 bridgehead atoms. The van der Waals surface area contributed by atoms with Crippen LogP contribution in [0.2, 0.25) is 0 Å². The number of hydrogen-bond acceptors (Lipinski definition) is 10. The third-order valence-corrected chi connectivity index (χ3v) is 7.88. The van der Waals surface area contributed by atoms with Crippen LogP contribution in [0.5, 0.6) is 11.5 Å². The Labute approximate surface area is 246 Å². The molecular weight excluding hydrogens is 545 g/mol. The van der Waals surface area contributed by atoms with Crippen LogP contribution in [0.1, 0.15) is 0 Å². The van der Waals surface area contributed by atoms with Gasteiger partial charge in [-0.1, -0.05) is 48.5 Å². The van der Waals surface area contributed by atoms with E-state index in [4.69, 9.17) is 11.3 Å². The number of hydrogen-bond donors (Lipinski definition) is 4. The summed E-state index contributed by atoms with van der Waals surface area (Å²) in [5.74, 6) is 4.16. The fourth-order valence-electron chi connectivity index (χ4n) is 4.99. The zero-order chi connectivity index (χ0) is 27.6. The maximum atomic E-state index is 13.5. The molecule has 6 rings (SSSR count). The van der Waals surface area contributed by atoms with Crippen molar-refractivity contribution in [3.63, 3.8) is 0 Å². The summed E-state index contributed by atoms with van der Waals surface area (Å²) < 4.78 is 29.5. The average Bonchev–Trinajstić information content (AvgIpc) is 2.95. The molecule has 0 unspecified atom stereocenters. The van der Waals surface area contributed by atoms with E-state index >= 15 is 0 Å². The van der Waals surface area contributed by atoms with E-state index in [2.05, 4.69) is 9.28 Å². The first-order chi connectivity index (χ1) is 18.7. The molecule has 12 heteroatoms. The largest absolute Gasteiger partial charge is 0.507 e. The molecule has 0 spiro atoms. The Morgan fingerprint density at radius 1 is 0.725 bits per heavy atom. The first-order valence-electron chi connectivity index (χ1n) is 11.5. The molecule has 10 nitrogen and oxygen atoms in total. The van der Waals surface area contributed by atoms with Crippen molar-refractivity contribution in [3.8, 4) is 11.5 Å². The molecule has 4 aromatic carbocycles. The van der Waals surface area contributed by atoms with Crippen molar-refractivity contribution in [2.75, 3.05) is 0 Å². The molecule has 193 valence electrons. The van der Waals surface area contributed by atoms with E-state index < -0.39 is 31.6 Å². The predicted molar refractivity (Wildman–Crippen MR) is 148 cm³/mol. The topological polar surface area (TPSA) is 180 Å². The normalized spacial score (nSPS) is 12.4. The third-order valence-electron chi connectivity index (χ3n) is 6.75. The smallest absolute Gasteiger partial charge is 0.313 e. The van der Waals surface area contributed by atoms with E-state index in [-0.39, 0.29) is 94.5 Å². The van der Waals surface area contributed by atoms with Crippen molar-refractivity contribution in [2.24, 2.45) is 10.9 Å². The molecule has 2 aliphatic rings. The maximum absolute atomic E-state index is 13.5. The van der Waals surface area contributed by atoms with E-state index in [1.54, 1.807) is 24.3 Å². The summed E-state index contributed by atoms with van der Waals surface area (Å²) in [5.41, 5.74) is -1.02. The van der Waals surface area contributed by atoms with Gasteiger partial charge < -0.3 is 15.6 Å². The second kappa shape index (κ2) is 9.89. The Hall–Kier alpha value is -3.97. The van der Waals surface area contributed by atoms with Crippen molar-refractivity contribution in [1.82, 2.24) is 0 Å². The molecule has 0 aromatic heterocycles. The molecule has 4 aromatic rings. The zero-order valence-corrected chi connectivity index (χ0v) is 23.6. The molecule has 1 radical (unpaired) electrons. The van der Waals surface area contributed by atoms with E-state index in [1.807, 2.05) is 0 Å². The van der Waals surface area contributed by atoms with Gasteiger partial charge in [-0.25, -0.2) is 4.99 Å². The van der Waals surface area contributed by atoms with Crippen LogP contribution in [-0.2, 0) is 14.4 Å². The number of phenolic OH excluding ortho intramolecular Hbond substituents is 2. The summed E-state index contributed by atoms with van der Waals surface area (Å²) in [6.07, 6.45) is 0. The van der Waals surface area contributed by atoms with Gasteiger partial charge in [-0.15, -0.1) is 0 Å². The summed E-state index contributed by atoms with van der Waals surface area (Å²) in [4.78, 5) is 30.8. The first kappa shape index (κ1) is 27.6. The fraction of sp³-hybridized carbons (Fsp3) is 0. The summed E-state index contributed by atoms with van der Waals surface area (Å²) in [6, 6.07) is 17.6. The number of nitrogens with two attached hydrogens (primary N) is 1. The van der Waals surface area contributed by atoms with Gasteiger partial charge in [-0.3, -0.25) is 9.59 Å². The van der Waals surface area contributed by atoms with Gasteiger partial charge in [0.1, 0.15) is 16.4 Å². The van der Waals surface area contributed by atoms with Crippen LogP contribution in [0.15, 0.2) is 92.3 Å². The summed E-state index contributed by atoms with van der Waals surface area (Å²) in [6.45, 7) is 0. The average molecular weight is 563 g/mol. The van der Waals surface area contributed by atoms with Crippen LogP contribution in [0.25, 0.3) is 32.3 Å². The molecule has 0 fully saturated rings. The minimum atomic E-state index is -4.55. The summed E-state index contributed by atoms with van der Waals surface area (Å²) >= 11 is 0. The van der Waals surface area contributed by atoms with Crippen molar-refractivity contribution in [3.05, 3.63) is 114 Å². The van der Waals surface area contributed by atoms with Crippen LogP contribution in [-0.4, -0.2) is 48.2 Å². The van der Waals surface area contributed by atoms with Crippen LogP contribution in [0.3, 0.4) is 0 Å². The number of nitrogens with one attached hydrogen (secondary N) is 1. The second-order valence-electron chi connectivity index (χ2n) is 8.82. The molecule has 0 heterocycles. The third kappa shape index (κ3) is 3.94. The number of benzene rings is 4. The number of rotatable bonds is 3. The van der Waals surface area contributed by atoms with Crippen molar-refractivity contribution in [2.45, 2.75) is 4.90 Å². The Kier molecular flexibility index (Phi) is 6.83. The van der Waals surface area contributed by atoms with Crippen molar-refractivity contribution >= 4 is 77.7 Å². The van der Waals surface area contributed by atoms with Gasteiger partial charge in [0, 0.05) is 51.1 Å². The quantitative estimate of drug-likeness (QED) is 0.109. The Bertz CT molecular complexity index is 2440. The molecule has 40 heavy (non-hydrogen) atoms. The van der Waals surface area contributed by atoms with E-state index in [9.17, 15) is 28.2 Å². The molecular formula is C28H17N3NaO7S. The monoisotopic (exact) mass is 562 g/mol. The summed E-state index contributed by atoms with van der Waals surface area (Å²) in [7, 11) is -4.55. The predicted octanol–water partition coefficient (Wildman–Crippen LogP) is 1.79. The number of fused-ring (bicyclic) bond motifs is 3. The Morgan fingerprint density at radius 2 is 1.25 bits per heavy atom. The summed E-state index contributed by atoms with van der Waals surface area (Å²) in [5, 5.41) is 30.7. The molecule has 0 amide bonds. The number of aromatic hydroxyl groups is 2. The van der Waals surface area contributed by atoms with Crippen LogP contribution in [0, 0.1) is 15.8 Å². The standard InChI is InChI=1S/C28H17N3O7S.Na/c29-17-9-10-18(22-21(17)25(32)13-5-1-2-6-14(13)26(22)33)31-19-11-12-20(39(36,37)38-30)24-23(19)27(34)15-7-3-4-8-16(15)28(24)35;/h1-12,29,34-35H,30H2;. The molecule has 0 saturated carbocycles. The van der Waals surface area contributed by atoms with Crippen LogP contribution in [0.4, 0.5) is 5.69 Å². The first-order valence-corrected chi connectivity index (χ1v) is 12.9. The SMILES string of the molecule is N=c1ccc(=Nc2ccc(S(=O)(=O)ON)c3c(O)c4ccccc4c(O)c23)c2c(=O)c3ccccc3c(=O)c1=2.[Na]. The van der Waals surface area contributed by atoms with Gasteiger partial charge >= 0.3 is 10.1 Å². The van der Waals surface area contributed by atoms with E-state index in [0.717, 1.165) is 6.07 Å². The van der Waals surface area contributed by atoms with Crippen LogP contribution < -0.4 is 27.5 Å². The molecule has 0 atom stereocenters. The minimum Gasteiger partial charge on any atom is -0.507 e. The molecule has 5 N–H and O–H groups in total. The van der Waals surface area contributed by atoms with Gasteiger partial charge in [0.2, 0.25) is 0 Å². The number of nitrogens with zero attached hydrogens (tertiary/aromatic N) is 1. The Balaban J connectivity index is 0.00000323. The fourth-order valence-corrected chi connectivity index (χ4v) is 5.78. The second-order valence-corrected chi connectivity index (χ2v) is 10.4. The molecule has 0 saturated heterocycles. The van der Waals surface area contributed by atoms with Gasteiger partial charge in [-0.05, 0) is 24.3 Å². The molecule has 2 aliphatic carbocycles. The van der Waals surface area contributed by atoms with Crippen molar-refractivity contribution < 1.29 is 22.9 Å². The van der Waals surface area contributed by atoms with E-state index in [0.29, 0.717) is 0 Å². The minimum absolute atomic E-state index is 0. The van der Waals surface area contributed by atoms with Gasteiger partial charge in [0.05, 0.1) is 37.6 Å². The van der Waals surface area contributed by atoms with Crippen LogP contribution >= 0.6 is 0 Å². The van der Waals surface area contributed by atoms with Gasteiger partial charge in [0.25, 0.3) is 0 Å². The van der Waals surface area contributed by atoms with Gasteiger partial charge in [-0.2, -0.15) is 18.6 Å². The zero-order valence-electron chi connectivity index (χ0n) is 20.8. The van der Waals surface area contributed by atoms with Gasteiger partial charge in [0.15, 0.2) is 10.9 Å².